The molecule has 6 heteroatoms. The summed E-state index contributed by atoms with van der Waals surface area (Å²) in [5, 5.41) is 6.74. The van der Waals surface area contributed by atoms with Crippen molar-refractivity contribution in [1.29, 1.82) is 0 Å². The first-order valence-corrected chi connectivity index (χ1v) is 9.04. The van der Waals surface area contributed by atoms with Gasteiger partial charge in [-0.2, -0.15) is 0 Å². The number of nitrogens with zero attached hydrogens (tertiary/aromatic N) is 3. The van der Waals surface area contributed by atoms with E-state index in [1.54, 1.807) is 26.0 Å². The number of carbonyl (C=O) groups excluding carboxylic acids is 1. The Kier molecular flexibility index (Phi) is 8.58. The van der Waals surface area contributed by atoms with Crippen LogP contribution in [0.3, 0.4) is 0 Å². The van der Waals surface area contributed by atoms with Crippen LogP contribution in [0.4, 0.5) is 0 Å². The second-order valence-electron chi connectivity index (χ2n) is 7.90. The fourth-order valence-electron chi connectivity index (χ4n) is 2.90. The van der Waals surface area contributed by atoms with Gasteiger partial charge in [0.1, 0.15) is 0 Å². The van der Waals surface area contributed by atoms with E-state index in [9.17, 15) is 4.79 Å². The molecule has 0 atom stereocenters. The molecule has 0 unspecified atom stereocenters. The average molecular weight is 362 g/mol. The number of amides is 1. The number of hydrogen-bond donors (Lipinski definition) is 2. The number of rotatable bonds is 8. The molecule has 0 radical (unpaired) electrons. The highest BCUT2D eigenvalue weighted by Crippen LogP contribution is 2.14. The Hall–Kier alpha value is -2.08. The van der Waals surface area contributed by atoms with Crippen molar-refractivity contribution in [3.63, 3.8) is 0 Å². The number of guanidine groups is 1. The quantitative estimate of drug-likeness (QED) is 0.546. The summed E-state index contributed by atoms with van der Waals surface area (Å²) in [6, 6.07) is 7.79. The van der Waals surface area contributed by atoms with Gasteiger partial charge in [-0.1, -0.05) is 26.0 Å². The van der Waals surface area contributed by atoms with Gasteiger partial charge in [-0.25, -0.2) is 0 Å². The summed E-state index contributed by atoms with van der Waals surface area (Å²) in [5.74, 6) is 0.831. The number of carbonyl (C=O) groups is 1. The zero-order chi connectivity index (χ0) is 19.7. The average Bonchev–Trinajstić information content (AvgIpc) is 2.56. The van der Waals surface area contributed by atoms with Gasteiger partial charge in [0.15, 0.2) is 5.96 Å². The SMILES string of the molecule is CN=C(NCCc1cccc(C(=O)N(C)C)c1)NCC(C)(C)CN(C)C. The van der Waals surface area contributed by atoms with Crippen molar-refractivity contribution in [3.8, 4) is 0 Å². The van der Waals surface area contributed by atoms with Crippen LogP contribution in [-0.2, 0) is 6.42 Å². The van der Waals surface area contributed by atoms with Gasteiger partial charge < -0.3 is 20.4 Å². The van der Waals surface area contributed by atoms with Crippen molar-refractivity contribution in [3.05, 3.63) is 35.4 Å². The third kappa shape index (κ3) is 7.87. The first kappa shape index (κ1) is 22.0. The van der Waals surface area contributed by atoms with E-state index in [4.69, 9.17) is 0 Å². The monoisotopic (exact) mass is 361 g/mol. The van der Waals surface area contributed by atoms with Crippen molar-refractivity contribution in [1.82, 2.24) is 20.4 Å². The lowest BCUT2D eigenvalue weighted by Gasteiger charge is -2.29. The molecular weight excluding hydrogens is 326 g/mol. The van der Waals surface area contributed by atoms with Gasteiger partial charge in [-0.3, -0.25) is 9.79 Å². The summed E-state index contributed by atoms with van der Waals surface area (Å²) in [7, 11) is 9.49. The molecule has 0 aliphatic carbocycles. The summed E-state index contributed by atoms with van der Waals surface area (Å²) < 4.78 is 0. The van der Waals surface area contributed by atoms with Gasteiger partial charge >= 0.3 is 0 Å². The summed E-state index contributed by atoms with van der Waals surface area (Å²) >= 11 is 0. The number of aliphatic imine (C=N–C) groups is 1. The predicted octanol–water partition coefficient (Wildman–Crippen LogP) is 1.68. The van der Waals surface area contributed by atoms with Crippen LogP contribution in [0.25, 0.3) is 0 Å². The highest BCUT2D eigenvalue weighted by Gasteiger charge is 2.19. The molecule has 2 N–H and O–H groups in total. The van der Waals surface area contributed by atoms with Crippen LogP contribution in [-0.4, -0.2) is 76.5 Å². The lowest BCUT2D eigenvalue weighted by atomic mass is 9.93. The minimum atomic E-state index is 0.0282. The molecule has 0 aliphatic heterocycles. The van der Waals surface area contributed by atoms with E-state index in [1.807, 2.05) is 24.3 Å². The maximum atomic E-state index is 12.1. The Morgan fingerprint density at radius 2 is 1.85 bits per heavy atom. The van der Waals surface area contributed by atoms with Gasteiger partial charge in [-0.15, -0.1) is 0 Å². The molecule has 0 aromatic heterocycles. The van der Waals surface area contributed by atoms with Crippen molar-refractivity contribution in [2.75, 3.05) is 54.9 Å². The van der Waals surface area contributed by atoms with Gasteiger partial charge in [0, 0.05) is 46.3 Å². The van der Waals surface area contributed by atoms with Crippen LogP contribution >= 0.6 is 0 Å². The van der Waals surface area contributed by atoms with E-state index >= 15 is 0 Å². The summed E-state index contributed by atoms with van der Waals surface area (Å²) in [4.78, 5) is 20.1. The second kappa shape index (κ2) is 10.2. The minimum Gasteiger partial charge on any atom is -0.356 e. The Balaban J connectivity index is 2.51. The van der Waals surface area contributed by atoms with Crippen molar-refractivity contribution < 1.29 is 4.79 Å². The number of nitrogens with one attached hydrogen (secondary N) is 2. The lowest BCUT2D eigenvalue weighted by Crippen LogP contribution is -2.45. The van der Waals surface area contributed by atoms with E-state index in [2.05, 4.69) is 48.5 Å². The summed E-state index contributed by atoms with van der Waals surface area (Å²) in [5.41, 5.74) is 2.01. The Bertz CT molecular complexity index is 608. The molecule has 0 aliphatic rings. The molecule has 0 heterocycles. The predicted molar refractivity (Wildman–Crippen MR) is 110 cm³/mol. The largest absolute Gasteiger partial charge is 0.356 e. The molecule has 1 aromatic rings. The number of benzene rings is 1. The molecule has 1 rings (SSSR count). The molecule has 0 fully saturated rings. The summed E-state index contributed by atoms with van der Waals surface area (Å²) in [6.07, 6.45) is 0.830. The normalized spacial score (nSPS) is 12.2. The smallest absolute Gasteiger partial charge is 0.253 e. The molecule has 26 heavy (non-hydrogen) atoms. The highest BCUT2D eigenvalue weighted by molar-refractivity contribution is 5.94. The van der Waals surface area contributed by atoms with E-state index < -0.39 is 0 Å². The van der Waals surface area contributed by atoms with E-state index in [1.165, 1.54) is 0 Å². The first-order valence-electron chi connectivity index (χ1n) is 9.04. The van der Waals surface area contributed by atoms with Gasteiger partial charge in [-0.05, 0) is 43.6 Å². The van der Waals surface area contributed by atoms with E-state index in [0.717, 1.165) is 43.1 Å². The third-order valence-corrected chi connectivity index (χ3v) is 3.99. The van der Waals surface area contributed by atoms with Crippen LogP contribution in [0, 0.1) is 5.41 Å². The fraction of sp³-hybridized carbons (Fsp3) is 0.600. The maximum Gasteiger partial charge on any atom is 0.253 e. The zero-order valence-corrected chi connectivity index (χ0v) is 17.4. The van der Waals surface area contributed by atoms with Crippen LogP contribution in [0.15, 0.2) is 29.3 Å². The van der Waals surface area contributed by atoms with Crippen LogP contribution in [0.2, 0.25) is 0 Å². The first-order chi connectivity index (χ1) is 12.1. The molecule has 0 spiro atoms. The highest BCUT2D eigenvalue weighted by atomic mass is 16.2. The summed E-state index contributed by atoms with van der Waals surface area (Å²) in [6.45, 7) is 7.08. The molecule has 146 valence electrons. The minimum absolute atomic E-state index is 0.0282. The Morgan fingerprint density at radius 1 is 1.15 bits per heavy atom. The topological polar surface area (TPSA) is 60.0 Å². The molecule has 6 nitrogen and oxygen atoms in total. The van der Waals surface area contributed by atoms with Crippen LogP contribution < -0.4 is 10.6 Å². The second-order valence-corrected chi connectivity index (χ2v) is 7.90. The van der Waals surface area contributed by atoms with E-state index in [-0.39, 0.29) is 11.3 Å². The van der Waals surface area contributed by atoms with Crippen molar-refractivity contribution >= 4 is 11.9 Å². The number of hydrogen-bond acceptors (Lipinski definition) is 3. The van der Waals surface area contributed by atoms with Crippen molar-refractivity contribution in [2.45, 2.75) is 20.3 Å². The Morgan fingerprint density at radius 3 is 2.42 bits per heavy atom. The molecule has 1 amide bonds. The fourth-order valence-corrected chi connectivity index (χ4v) is 2.90. The van der Waals surface area contributed by atoms with Crippen LogP contribution in [0.5, 0.6) is 0 Å². The molecular formula is C20H35N5O. The standard InChI is InChI=1S/C20H35N5O/c1-20(2,15-24(4)5)14-23-19(21-3)22-12-11-16-9-8-10-17(13-16)18(26)25(6)7/h8-10,13H,11-12,14-15H2,1-7H3,(H2,21,22,23). The lowest BCUT2D eigenvalue weighted by molar-refractivity contribution is 0.0827. The van der Waals surface area contributed by atoms with Gasteiger partial charge in [0.05, 0.1) is 0 Å². The van der Waals surface area contributed by atoms with Crippen molar-refractivity contribution in [2.24, 2.45) is 10.4 Å². The Labute approximate surface area is 158 Å². The van der Waals surface area contributed by atoms with E-state index in [0.29, 0.717) is 0 Å². The molecule has 0 bridgehead atoms. The molecule has 0 saturated carbocycles. The zero-order valence-electron chi connectivity index (χ0n) is 17.4. The molecule has 1 aromatic carbocycles. The third-order valence-electron chi connectivity index (χ3n) is 3.99. The maximum absolute atomic E-state index is 12.1. The van der Waals surface area contributed by atoms with Gasteiger partial charge in [0.2, 0.25) is 0 Å². The van der Waals surface area contributed by atoms with Crippen LogP contribution in [0.1, 0.15) is 29.8 Å². The molecule has 0 saturated heterocycles. The van der Waals surface area contributed by atoms with Gasteiger partial charge in [0.25, 0.3) is 5.91 Å².